The molecule has 2 N–H and O–H groups in total. The van der Waals surface area contributed by atoms with E-state index in [1.807, 2.05) is 36.4 Å². The van der Waals surface area contributed by atoms with Gasteiger partial charge in [0, 0.05) is 74.5 Å². The lowest BCUT2D eigenvalue weighted by molar-refractivity contribution is 0.0834. The third kappa shape index (κ3) is 6.80. The topological polar surface area (TPSA) is 108 Å². The van der Waals surface area contributed by atoms with E-state index in [0.717, 1.165) is 75.9 Å². The number of nitrogens with one attached hydrogen (secondary N) is 2. The molecule has 1 unspecified atom stereocenters. The Labute approximate surface area is 247 Å². The summed E-state index contributed by atoms with van der Waals surface area (Å²) in [5, 5.41) is 5.86. The summed E-state index contributed by atoms with van der Waals surface area (Å²) in [5.41, 5.74) is 3.48. The van der Waals surface area contributed by atoms with Gasteiger partial charge >= 0.3 is 6.03 Å². The van der Waals surface area contributed by atoms with Gasteiger partial charge in [0.15, 0.2) is 5.82 Å². The van der Waals surface area contributed by atoms with E-state index in [9.17, 15) is 4.79 Å². The molecule has 2 amide bonds. The van der Waals surface area contributed by atoms with E-state index >= 15 is 0 Å². The molecule has 6 rings (SSSR count). The number of anilines is 4. The van der Waals surface area contributed by atoms with Crippen molar-refractivity contribution < 1.29 is 14.3 Å². The Kier molecular flexibility index (Phi) is 8.78. The van der Waals surface area contributed by atoms with Crippen LogP contribution < -0.4 is 20.4 Å². The molecule has 0 spiro atoms. The molecule has 0 bridgehead atoms. The summed E-state index contributed by atoms with van der Waals surface area (Å²) in [7, 11) is 2.15. The van der Waals surface area contributed by atoms with Crippen molar-refractivity contribution in [3.05, 3.63) is 54.4 Å². The lowest BCUT2D eigenvalue weighted by Gasteiger charge is -2.34. The largest absolute Gasteiger partial charge is 0.381 e. The molecule has 222 valence electrons. The van der Waals surface area contributed by atoms with Gasteiger partial charge in [-0.1, -0.05) is 0 Å². The molecule has 3 aliphatic heterocycles. The summed E-state index contributed by atoms with van der Waals surface area (Å²) >= 11 is 0. The van der Waals surface area contributed by atoms with E-state index < -0.39 is 0 Å². The van der Waals surface area contributed by atoms with Gasteiger partial charge in [0.1, 0.15) is 5.82 Å². The molecular formula is C31H40N8O3. The van der Waals surface area contributed by atoms with Crippen LogP contribution in [0.3, 0.4) is 0 Å². The number of ether oxygens (including phenoxy) is 2. The molecule has 0 saturated carbocycles. The van der Waals surface area contributed by atoms with Crippen LogP contribution in [0.5, 0.6) is 0 Å². The molecule has 42 heavy (non-hydrogen) atoms. The first-order valence-corrected chi connectivity index (χ1v) is 14.9. The zero-order chi connectivity index (χ0) is 28.9. The van der Waals surface area contributed by atoms with Crippen molar-refractivity contribution in [2.24, 2.45) is 0 Å². The van der Waals surface area contributed by atoms with Gasteiger partial charge in [-0.2, -0.15) is 9.97 Å². The third-order valence-corrected chi connectivity index (χ3v) is 8.25. The van der Waals surface area contributed by atoms with E-state index in [0.29, 0.717) is 30.7 Å². The first-order valence-electron chi connectivity index (χ1n) is 14.9. The summed E-state index contributed by atoms with van der Waals surface area (Å²) in [6.07, 6.45) is 1.80. The van der Waals surface area contributed by atoms with Crippen LogP contribution >= 0.6 is 0 Å². The van der Waals surface area contributed by atoms with E-state index in [1.54, 1.807) is 0 Å². The minimum Gasteiger partial charge on any atom is -0.381 e. The monoisotopic (exact) mass is 572 g/mol. The predicted molar refractivity (Wildman–Crippen MR) is 164 cm³/mol. The zero-order valence-corrected chi connectivity index (χ0v) is 24.5. The fourth-order valence-electron chi connectivity index (χ4n) is 5.62. The lowest BCUT2D eigenvalue weighted by Crippen LogP contribution is -2.44. The van der Waals surface area contributed by atoms with Gasteiger partial charge in [-0.05, 0) is 75.3 Å². The maximum Gasteiger partial charge on any atom is 0.323 e. The van der Waals surface area contributed by atoms with Crippen molar-refractivity contribution in [1.82, 2.24) is 19.9 Å². The highest BCUT2D eigenvalue weighted by Gasteiger charge is 2.26. The number of urea groups is 1. The maximum atomic E-state index is 12.7. The van der Waals surface area contributed by atoms with Crippen molar-refractivity contribution in [2.75, 3.05) is 86.6 Å². The molecule has 11 heteroatoms. The number of piperazine rings is 1. The predicted octanol–water partition coefficient (Wildman–Crippen LogP) is 4.05. The number of morpholine rings is 1. The Morgan fingerprint density at radius 2 is 1.48 bits per heavy atom. The second-order valence-corrected chi connectivity index (χ2v) is 11.3. The smallest absolute Gasteiger partial charge is 0.323 e. The summed E-state index contributed by atoms with van der Waals surface area (Å²) in [6.45, 7) is 9.74. The van der Waals surface area contributed by atoms with Crippen LogP contribution in [0.4, 0.5) is 27.8 Å². The lowest BCUT2D eigenvalue weighted by atomic mass is 9.99. The zero-order valence-electron chi connectivity index (χ0n) is 24.5. The number of carbonyl (C=O) groups excluding carboxylic acids is 1. The molecule has 0 aliphatic carbocycles. The van der Waals surface area contributed by atoms with Crippen LogP contribution in [0.1, 0.15) is 31.5 Å². The van der Waals surface area contributed by atoms with Crippen LogP contribution in [-0.2, 0) is 9.47 Å². The Morgan fingerprint density at radius 1 is 0.810 bits per heavy atom. The Morgan fingerprint density at radius 3 is 2.14 bits per heavy atom. The van der Waals surface area contributed by atoms with Crippen LogP contribution in [-0.4, -0.2) is 98.1 Å². The summed E-state index contributed by atoms with van der Waals surface area (Å²) < 4.78 is 11.2. The van der Waals surface area contributed by atoms with Gasteiger partial charge in [-0.15, -0.1) is 0 Å². The number of likely N-dealkylation sites (N-methyl/N-ethyl adjacent to an activating group) is 1. The Balaban J connectivity index is 1.13. The van der Waals surface area contributed by atoms with Crippen molar-refractivity contribution in [3.63, 3.8) is 0 Å². The molecule has 2 aromatic carbocycles. The average molecular weight is 573 g/mol. The molecule has 3 aromatic rings. The van der Waals surface area contributed by atoms with Crippen LogP contribution in [0.25, 0.3) is 11.4 Å². The van der Waals surface area contributed by atoms with Crippen molar-refractivity contribution in [1.29, 1.82) is 0 Å². The van der Waals surface area contributed by atoms with E-state index in [-0.39, 0.29) is 18.0 Å². The van der Waals surface area contributed by atoms with Gasteiger partial charge in [0.05, 0.1) is 19.3 Å². The van der Waals surface area contributed by atoms with Gasteiger partial charge in [-0.3, -0.25) is 0 Å². The number of carbonyl (C=O) groups is 1. The number of amides is 2. The molecule has 11 nitrogen and oxygen atoms in total. The normalized spacial score (nSPS) is 20.4. The molecule has 3 fully saturated rings. The van der Waals surface area contributed by atoms with Crippen molar-refractivity contribution in [3.8, 4) is 11.4 Å². The molecule has 1 atom stereocenters. The molecule has 3 saturated heterocycles. The first-order chi connectivity index (χ1) is 20.5. The number of nitrogens with zero attached hydrogens (tertiary/aromatic N) is 6. The van der Waals surface area contributed by atoms with Gasteiger partial charge < -0.3 is 34.8 Å². The molecular weight excluding hydrogens is 532 g/mol. The number of benzene rings is 2. The SMILES string of the molecule is CC1COCCN1c1nc(-c2ccc(NC(=O)Nc3ccc(N4CCN(C)CC4)cc3)cc2)nc(C2CCOCC2)n1. The quantitative estimate of drug-likeness (QED) is 0.452. The molecule has 3 aliphatic rings. The minimum absolute atomic E-state index is 0.185. The summed E-state index contributed by atoms with van der Waals surface area (Å²) in [6, 6.07) is 15.5. The van der Waals surface area contributed by atoms with Crippen LogP contribution in [0, 0.1) is 0 Å². The number of rotatable bonds is 6. The van der Waals surface area contributed by atoms with Crippen LogP contribution in [0.2, 0.25) is 0 Å². The van der Waals surface area contributed by atoms with Gasteiger partial charge in [0.2, 0.25) is 5.95 Å². The number of hydrogen-bond donors (Lipinski definition) is 2. The number of aromatic nitrogens is 3. The minimum atomic E-state index is -0.291. The molecule has 1 aromatic heterocycles. The molecule has 0 radical (unpaired) electrons. The van der Waals surface area contributed by atoms with E-state index in [2.05, 4.69) is 51.4 Å². The highest BCUT2D eigenvalue weighted by Crippen LogP contribution is 2.29. The number of hydrogen-bond acceptors (Lipinski definition) is 9. The first kappa shape index (κ1) is 28.3. The fraction of sp³-hybridized carbons (Fsp3) is 0.484. The fourth-order valence-corrected chi connectivity index (χ4v) is 5.62. The standard InChI is InChI=1S/C31H40N8O3/c1-22-21-42-20-17-39(22)30-35-28(34-29(36-30)24-11-18-41-19-12-24)23-3-5-25(6-4-23)32-31(40)33-26-7-9-27(10-8-26)38-15-13-37(2)14-16-38/h3-10,22,24H,11-21H2,1-2H3,(H2,32,33,40). The van der Waals surface area contributed by atoms with Gasteiger partial charge in [-0.25, -0.2) is 9.78 Å². The summed E-state index contributed by atoms with van der Waals surface area (Å²) in [4.78, 5) is 34.3. The van der Waals surface area contributed by atoms with Crippen molar-refractivity contribution in [2.45, 2.75) is 31.7 Å². The van der Waals surface area contributed by atoms with E-state index in [4.69, 9.17) is 24.4 Å². The Hall–Kier alpha value is -3.80. The highest BCUT2D eigenvalue weighted by molar-refractivity contribution is 5.99. The second kappa shape index (κ2) is 13.0. The second-order valence-electron chi connectivity index (χ2n) is 11.3. The van der Waals surface area contributed by atoms with Crippen molar-refractivity contribution >= 4 is 29.0 Å². The molecule has 4 heterocycles. The average Bonchev–Trinajstić information content (AvgIpc) is 3.03. The summed E-state index contributed by atoms with van der Waals surface area (Å²) in [5.74, 6) is 2.39. The van der Waals surface area contributed by atoms with Gasteiger partial charge in [0.25, 0.3) is 0 Å². The van der Waals surface area contributed by atoms with E-state index in [1.165, 1.54) is 5.69 Å². The Bertz CT molecular complexity index is 1340. The maximum absolute atomic E-state index is 12.7. The van der Waals surface area contributed by atoms with Crippen LogP contribution in [0.15, 0.2) is 48.5 Å². The highest BCUT2D eigenvalue weighted by atomic mass is 16.5. The third-order valence-electron chi connectivity index (χ3n) is 8.25.